The number of anilines is 1. The third kappa shape index (κ3) is 4.27. The number of halogens is 2. The number of amides is 1. The minimum atomic E-state index is -0.697. The van der Waals surface area contributed by atoms with Crippen LogP contribution in [0.15, 0.2) is 42.5 Å². The van der Waals surface area contributed by atoms with Crippen LogP contribution in [0.2, 0.25) is 0 Å². The van der Waals surface area contributed by atoms with Crippen molar-refractivity contribution in [2.24, 2.45) is 0 Å². The van der Waals surface area contributed by atoms with Crippen LogP contribution in [0.5, 0.6) is 5.75 Å². The maximum atomic E-state index is 13.4. The van der Waals surface area contributed by atoms with E-state index in [9.17, 15) is 13.6 Å². The lowest BCUT2D eigenvalue weighted by atomic mass is 10.2. The van der Waals surface area contributed by atoms with Crippen molar-refractivity contribution >= 4 is 11.6 Å². The van der Waals surface area contributed by atoms with E-state index in [-0.39, 0.29) is 12.3 Å². The Morgan fingerprint density at radius 2 is 2.00 bits per heavy atom. The van der Waals surface area contributed by atoms with Crippen molar-refractivity contribution in [3.8, 4) is 5.75 Å². The minimum Gasteiger partial charge on any atom is -0.484 e. The van der Waals surface area contributed by atoms with E-state index in [2.05, 4.69) is 5.32 Å². The molecule has 2 aromatic rings. The molecule has 21 heavy (non-hydrogen) atoms. The largest absolute Gasteiger partial charge is 0.484 e. The van der Waals surface area contributed by atoms with Crippen LogP contribution in [0, 0.1) is 11.6 Å². The molecule has 0 radical (unpaired) electrons. The summed E-state index contributed by atoms with van der Waals surface area (Å²) in [5.41, 5.74) is 0.884. The van der Waals surface area contributed by atoms with E-state index in [1.165, 1.54) is 0 Å². The van der Waals surface area contributed by atoms with Crippen LogP contribution in [-0.2, 0) is 11.2 Å². The molecule has 2 rings (SSSR count). The summed E-state index contributed by atoms with van der Waals surface area (Å²) in [7, 11) is 0. The van der Waals surface area contributed by atoms with Gasteiger partial charge in [0.05, 0.1) is 5.69 Å². The van der Waals surface area contributed by atoms with Crippen LogP contribution in [0.1, 0.15) is 12.5 Å². The van der Waals surface area contributed by atoms with E-state index >= 15 is 0 Å². The molecule has 0 saturated heterocycles. The second kappa shape index (κ2) is 6.83. The lowest BCUT2D eigenvalue weighted by Gasteiger charge is -2.09. The molecule has 110 valence electrons. The lowest BCUT2D eigenvalue weighted by Crippen LogP contribution is -2.20. The molecule has 0 aliphatic rings. The van der Waals surface area contributed by atoms with Crippen molar-refractivity contribution in [3.05, 3.63) is 59.7 Å². The lowest BCUT2D eigenvalue weighted by molar-refractivity contribution is -0.118. The first-order chi connectivity index (χ1) is 10.1. The van der Waals surface area contributed by atoms with Crippen molar-refractivity contribution in [3.63, 3.8) is 0 Å². The third-order valence-corrected chi connectivity index (χ3v) is 2.88. The Morgan fingerprint density at radius 3 is 2.76 bits per heavy atom. The SMILES string of the molecule is CCc1cccc(OCC(=O)Nc2cc(F)ccc2F)c1. The highest BCUT2D eigenvalue weighted by molar-refractivity contribution is 5.91. The number of nitrogens with one attached hydrogen (secondary N) is 1. The van der Waals surface area contributed by atoms with Crippen LogP contribution in [-0.4, -0.2) is 12.5 Å². The van der Waals surface area contributed by atoms with Crippen molar-refractivity contribution in [1.29, 1.82) is 0 Å². The first-order valence-corrected chi connectivity index (χ1v) is 6.55. The molecule has 0 aliphatic carbocycles. The standard InChI is InChI=1S/C16H15F2NO2/c1-2-11-4-3-5-13(8-11)21-10-16(20)19-15-9-12(17)6-7-14(15)18/h3-9H,2,10H2,1H3,(H,19,20). The third-order valence-electron chi connectivity index (χ3n) is 2.88. The highest BCUT2D eigenvalue weighted by Gasteiger charge is 2.09. The normalized spacial score (nSPS) is 10.2. The van der Waals surface area contributed by atoms with Gasteiger partial charge in [-0.1, -0.05) is 19.1 Å². The van der Waals surface area contributed by atoms with Crippen molar-refractivity contribution in [1.82, 2.24) is 0 Å². The average Bonchev–Trinajstić information content (AvgIpc) is 2.49. The van der Waals surface area contributed by atoms with Gasteiger partial charge in [-0.2, -0.15) is 0 Å². The number of ether oxygens (including phenoxy) is 1. The fourth-order valence-corrected chi connectivity index (χ4v) is 1.78. The molecular weight excluding hydrogens is 276 g/mol. The number of aryl methyl sites for hydroxylation is 1. The topological polar surface area (TPSA) is 38.3 Å². The first-order valence-electron chi connectivity index (χ1n) is 6.55. The van der Waals surface area contributed by atoms with Crippen molar-refractivity contribution in [2.75, 3.05) is 11.9 Å². The molecule has 0 heterocycles. The predicted molar refractivity (Wildman–Crippen MR) is 76.3 cm³/mol. The van der Waals surface area contributed by atoms with Crippen LogP contribution < -0.4 is 10.1 Å². The van der Waals surface area contributed by atoms with Gasteiger partial charge in [-0.15, -0.1) is 0 Å². The summed E-state index contributed by atoms with van der Waals surface area (Å²) < 4.78 is 31.7. The minimum absolute atomic E-state index is 0.203. The monoisotopic (exact) mass is 291 g/mol. The van der Waals surface area contributed by atoms with Gasteiger partial charge in [0.1, 0.15) is 17.4 Å². The fraction of sp³-hybridized carbons (Fsp3) is 0.188. The maximum Gasteiger partial charge on any atom is 0.262 e. The summed E-state index contributed by atoms with van der Waals surface area (Å²) in [5.74, 6) is -1.31. The summed E-state index contributed by atoms with van der Waals surface area (Å²) in [6, 6.07) is 10.2. The van der Waals surface area contributed by atoms with Gasteiger partial charge in [-0.3, -0.25) is 4.79 Å². The van der Waals surface area contributed by atoms with Crippen LogP contribution >= 0.6 is 0 Å². The predicted octanol–water partition coefficient (Wildman–Crippen LogP) is 3.54. The molecule has 2 aromatic carbocycles. The number of hydrogen-bond acceptors (Lipinski definition) is 2. The fourth-order valence-electron chi connectivity index (χ4n) is 1.78. The average molecular weight is 291 g/mol. The van der Waals surface area contributed by atoms with Gasteiger partial charge in [0.15, 0.2) is 6.61 Å². The zero-order valence-corrected chi connectivity index (χ0v) is 11.5. The van der Waals surface area contributed by atoms with Crippen LogP contribution in [0.25, 0.3) is 0 Å². The summed E-state index contributed by atoms with van der Waals surface area (Å²) >= 11 is 0. The Kier molecular flexibility index (Phi) is 4.87. The van der Waals surface area contributed by atoms with Gasteiger partial charge in [-0.05, 0) is 36.2 Å². The Balaban J connectivity index is 1.94. The van der Waals surface area contributed by atoms with Gasteiger partial charge in [0.25, 0.3) is 5.91 Å². The van der Waals surface area contributed by atoms with E-state index in [1.807, 2.05) is 25.1 Å². The molecule has 5 heteroatoms. The van der Waals surface area contributed by atoms with Crippen molar-refractivity contribution < 1.29 is 18.3 Å². The second-order valence-corrected chi connectivity index (χ2v) is 4.46. The molecule has 1 N–H and O–H groups in total. The first kappa shape index (κ1) is 15.0. The summed E-state index contributed by atoms with van der Waals surface area (Å²) in [6.45, 7) is 1.74. The van der Waals surface area contributed by atoms with Gasteiger partial charge in [-0.25, -0.2) is 8.78 Å². The molecule has 0 bridgehead atoms. The Morgan fingerprint density at radius 1 is 1.19 bits per heavy atom. The number of hydrogen-bond donors (Lipinski definition) is 1. The van der Waals surface area contributed by atoms with Gasteiger partial charge >= 0.3 is 0 Å². The van der Waals surface area contributed by atoms with E-state index in [4.69, 9.17) is 4.74 Å². The van der Waals surface area contributed by atoms with Crippen LogP contribution in [0.3, 0.4) is 0 Å². The molecule has 0 saturated carbocycles. The zero-order valence-electron chi connectivity index (χ0n) is 11.5. The summed E-state index contributed by atoms with van der Waals surface area (Å²) in [6.07, 6.45) is 0.859. The Labute approximate surface area is 121 Å². The van der Waals surface area contributed by atoms with Crippen LogP contribution in [0.4, 0.5) is 14.5 Å². The highest BCUT2D eigenvalue weighted by Crippen LogP contribution is 2.16. The Hall–Kier alpha value is -2.43. The van der Waals surface area contributed by atoms with Gasteiger partial charge < -0.3 is 10.1 Å². The van der Waals surface area contributed by atoms with E-state index < -0.39 is 17.5 Å². The van der Waals surface area contributed by atoms with E-state index in [0.717, 1.165) is 30.2 Å². The quantitative estimate of drug-likeness (QED) is 0.915. The van der Waals surface area contributed by atoms with Gasteiger partial charge in [0, 0.05) is 6.07 Å². The summed E-state index contributed by atoms with van der Waals surface area (Å²) in [5, 5.41) is 2.27. The number of carbonyl (C=O) groups is 1. The number of benzene rings is 2. The van der Waals surface area contributed by atoms with Crippen molar-refractivity contribution in [2.45, 2.75) is 13.3 Å². The second-order valence-electron chi connectivity index (χ2n) is 4.46. The van der Waals surface area contributed by atoms with E-state index in [1.54, 1.807) is 6.07 Å². The molecule has 0 spiro atoms. The molecule has 0 unspecified atom stereocenters. The number of rotatable bonds is 5. The summed E-state index contributed by atoms with van der Waals surface area (Å²) in [4.78, 5) is 11.7. The smallest absolute Gasteiger partial charge is 0.262 e. The molecule has 0 aliphatic heterocycles. The molecule has 0 atom stereocenters. The Bertz CT molecular complexity index is 644. The highest BCUT2D eigenvalue weighted by atomic mass is 19.1. The molecule has 0 aromatic heterocycles. The maximum absolute atomic E-state index is 13.4. The zero-order chi connectivity index (χ0) is 15.2. The molecule has 0 fully saturated rings. The molecule has 1 amide bonds. The molecular formula is C16H15F2NO2. The number of carbonyl (C=O) groups excluding carboxylic acids is 1. The molecule has 3 nitrogen and oxygen atoms in total. The van der Waals surface area contributed by atoms with E-state index in [0.29, 0.717) is 5.75 Å². The van der Waals surface area contributed by atoms with Gasteiger partial charge in [0.2, 0.25) is 0 Å².